The summed E-state index contributed by atoms with van der Waals surface area (Å²) in [6.07, 6.45) is 1.31. The first-order chi connectivity index (χ1) is 8.58. The average Bonchev–Trinajstić information content (AvgIpc) is 2.94. The van der Waals surface area contributed by atoms with Crippen LogP contribution in [0.5, 0.6) is 0 Å². The van der Waals surface area contributed by atoms with Gasteiger partial charge in [-0.3, -0.25) is 4.79 Å². The zero-order chi connectivity index (χ0) is 13.1. The number of aromatic carboxylic acids is 1. The molecule has 0 aliphatic carbocycles. The third kappa shape index (κ3) is 2.69. The lowest BCUT2D eigenvalue weighted by Crippen LogP contribution is -2.22. The maximum Gasteiger partial charge on any atom is 0.355 e. The molecule has 6 nitrogen and oxygen atoms in total. The van der Waals surface area contributed by atoms with Gasteiger partial charge in [0.05, 0.1) is 18.4 Å². The fraction of sp³-hybridized carbons (Fsp3) is 0.100. The highest BCUT2D eigenvalue weighted by Gasteiger charge is 2.14. The Morgan fingerprint density at radius 2 is 2.33 bits per heavy atom. The van der Waals surface area contributed by atoms with Gasteiger partial charge in [-0.25, -0.2) is 9.78 Å². The highest BCUT2D eigenvalue weighted by Crippen LogP contribution is 2.16. The molecule has 0 bridgehead atoms. The zero-order valence-corrected chi connectivity index (χ0v) is 10.4. The second-order valence-electron chi connectivity index (χ2n) is 3.22. The van der Waals surface area contributed by atoms with E-state index in [0.29, 0.717) is 5.01 Å². The molecule has 0 fully saturated rings. The number of hydrogen-bond acceptors (Lipinski definition) is 5. The number of hydrogen-bond donors (Lipinski definition) is 2. The predicted octanol–water partition coefficient (Wildman–Crippen LogP) is 2.02. The van der Waals surface area contributed by atoms with Crippen LogP contribution in [-0.4, -0.2) is 22.0 Å². The summed E-state index contributed by atoms with van der Waals surface area (Å²) in [6.45, 7) is 0.137. The topological polar surface area (TPSA) is 92.4 Å². The molecule has 0 aliphatic rings. The second kappa shape index (κ2) is 5.19. The number of nitrogens with one attached hydrogen (secondary N) is 1. The molecule has 2 rings (SSSR count). The Bertz CT molecular complexity index is 592. The summed E-state index contributed by atoms with van der Waals surface area (Å²) in [6, 6.07) is 1.45. The minimum atomic E-state index is -1.10. The van der Waals surface area contributed by atoms with Gasteiger partial charge >= 0.3 is 5.97 Å². The summed E-state index contributed by atoms with van der Waals surface area (Å²) in [5.74, 6) is -1.50. The van der Waals surface area contributed by atoms with Crippen molar-refractivity contribution in [1.82, 2.24) is 10.3 Å². The largest absolute Gasteiger partial charge is 0.476 e. The number of carboxylic acids is 1. The Kier molecular flexibility index (Phi) is 3.63. The monoisotopic (exact) mass is 286 g/mol. The highest BCUT2D eigenvalue weighted by molar-refractivity contribution is 7.09. The first kappa shape index (κ1) is 12.6. The molecule has 2 heterocycles. The molecule has 18 heavy (non-hydrogen) atoms. The second-order valence-corrected chi connectivity index (χ2v) is 4.51. The number of rotatable bonds is 4. The molecule has 0 saturated heterocycles. The lowest BCUT2D eigenvalue weighted by Gasteiger charge is -2.00. The zero-order valence-electron chi connectivity index (χ0n) is 8.84. The highest BCUT2D eigenvalue weighted by atomic mass is 35.5. The van der Waals surface area contributed by atoms with E-state index in [1.165, 1.54) is 17.7 Å². The van der Waals surface area contributed by atoms with Crippen molar-refractivity contribution in [2.24, 2.45) is 0 Å². The van der Waals surface area contributed by atoms with E-state index in [4.69, 9.17) is 21.1 Å². The van der Waals surface area contributed by atoms with E-state index >= 15 is 0 Å². The van der Waals surface area contributed by atoms with E-state index < -0.39 is 11.9 Å². The molecule has 2 aromatic rings. The summed E-state index contributed by atoms with van der Waals surface area (Å²) in [5, 5.41) is 13.2. The van der Waals surface area contributed by atoms with Crippen molar-refractivity contribution in [3.8, 4) is 0 Å². The molecule has 0 radical (unpaired) electrons. The molecular weight excluding hydrogens is 280 g/mol. The van der Waals surface area contributed by atoms with Crippen molar-refractivity contribution >= 4 is 34.8 Å². The Balaban J connectivity index is 1.97. The number of carbonyl (C=O) groups is 2. The molecule has 1 amide bonds. The molecule has 0 aliphatic heterocycles. The van der Waals surface area contributed by atoms with Gasteiger partial charge < -0.3 is 14.8 Å². The van der Waals surface area contributed by atoms with Crippen molar-refractivity contribution < 1.29 is 19.1 Å². The summed E-state index contributed by atoms with van der Waals surface area (Å²) in [7, 11) is 0. The first-order valence-corrected chi connectivity index (χ1v) is 6.02. The molecule has 0 saturated carbocycles. The predicted molar refractivity (Wildman–Crippen MR) is 64.0 cm³/mol. The van der Waals surface area contributed by atoms with Crippen LogP contribution in [0.15, 0.2) is 22.1 Å². The van der Waals surface area contributed by atoms with Gasteiger partial charge in [-0.15, -0.1) is 11.3 Å². The number of aromatic nitrogens is 1. The van der Waals surface area contributed by atoms with Gasteiger partial charge in [0.15, 0.2) is 5.69 Å². The summed E-state index contributed by atoms with van der Waals surface area (Å²) in [5.41, 5.74) is 0.192. The number of halogens is 1. The molecule has 0 unspecified atom stereocenters. The van der Waals surface area contributed by atoms with Crippen LogP contribution in [0.2, 0.25) is 5.22 Å². The van der Waals surface area contributed by atoms with E-state index in [9.17, 15) is 9.59 Å². The molecule has 0 aromatic carbocycles. The standard InChI is InChI=1S/C10H7ClN2O4S/c11-8-5(1-2-17-8)9(14)12-3-7-13-6(4-18-7)10(15)16/h1-2,4H,3H2,(H,12,14)(H,15,16). The summed E-state index contributed by atoms with van der Waals surface area (Å²) >= 11 is 6.80. The van der Waals surface area contributed by atoms with E-state index in [2.05, 4.69) is 10.3 Å². The van der Waals surface area contributed by atoms with E-state index in [-0.39, 0.29) is 23.0 Å². The van der Waals surface area contributed by atoms with Gasteiger partial charge in [-0.1, -0.05) is 0 Å². The van der Waals surface area contributed by atoms with Gasteiger partial charge in [0, 0.05) is 5.38 Å². The van der Waals surface area contributed by atoms with Crippen LogP contribution in [0.4, 0.5) is 0 Å². The van der Waals surface area contributed by atoms with Crippen LogP contribution in [-0.2, 0) is 6.54 Å². The molecule has 0 atom stereocenters. The Hall–Kier alpha value is -1.86. The van der Waals surface area contributed by atoms with Crippen LogP contribution in [0, 0.1) is 0 Å². The van der Waals surface area contributed by atoms with Gasteiger partial charge in [-0.05, 0) is 17.7 Å². The summed E-state index contributed by atoms with van der Waals surface area (Å²) < 4.78 is 4.79. The van der Waals surface area contributed by atoms with Crippen molar-refractivity contribution in [3.05, 3.63) is 39.2 Å². The van der Waals surface area contributed by atoms with Crippen molar-refractivity contribution in [2.75, 3.05) is 0 Å². The average molecular weight is 287 g/mol. The molecular formula is C10H7ClN2O4S. The Morgan fingerprint density at radius 1 is 1.56 bits per heavy atom. The Morgan fingerprint density at radius 3 is 2.89 bits per heavy atom. The van der Waals surface area contributed by atoms with Gasteiger partial charge in [0.2, 0.25) is 5.22 Å². The first-order valence-electron chi connectivity index (χ1n) is 4.77. The fourth-order valence-electron chi connectivity index (χ4n) is 1.20. The van der Waals surface area contributed by atoms with Crippen LogP contribution >= 0.6 is 22.9 Å². The molecule has 2 aromatic heterocycles. The van der Waals surface area contributed by atoms with Gasteiger partial charge in [0.1, 0.15) is 5.01 Å². The third-order valence-corrected chi connectivity index (χ3v) is 3.18. The van der Waals surface area contributed by atoms with E-state index in [0.717, 1.165) is 11.3 Å². The van der Waals surface area contributed by atoms with Gasteiger partial charge in [-0.2, -0.15) is 0 Å². The maximum atomic E-state index is 11.6. The summed E-state index contributed by atoms with van der Waals surface area (Å²) in [4.78, 5) is 26.1. The molecule has 2 N–H and O–H groups in total. The minimum absolute atomic E-state index is 0.0119. The van der Waals surface area contributed by atoms with Crippen LogP contribution in [0.1, 0.15) is 25.9 Å². The van der Waals surface area contributed by atoms with Gasteiger partial charge in [0.25, 0.3) is 5.91 Å². The third-order valence-electron chi connectivity index (χ3n) is 2.03. The van der Waals surface area contributed by atoms with Crippen molar-refractivity contribution in [3.63, 3.8) is 0 Å². The van der Waals surface area contributed by atoms with E-state index in [1.807, 2.05) is 0 Å². The van der Waals surface area contributed by atoms with Crippen LogP contribution < -0.4 is 5.32 Å². The SMILES string of the molecule is O=C(O)c1csc(CNC(=O)c2ccoc2Cl)n1. The number of nitrogens with zero attached hydrogens (tertiary/aromatic N) is 1. The quantitative estimate of drug-likeness (QED) is 0.897. The molecule has 0 spiro atoms. The normalized spacial score (nSPS) is 10.3. The van der Waals surface area contributed by atoms with E-state index in [1.54, 1.807) is 0 Å². The lowest BCUT2D eigenvalue weighted by molar-refractivity contribution is 0.0691. The molecule has 94 valence electrons. The number of furan rings is 1. The Labute approximate surface area is 110 Å². The molecule has 8 heteroatoms. The fourth-order valence-corrected chi connectivity index (χ4v) is 2.11. The smallest absolute Gasteiger partial charge is 0.355 e. The number of carbonyl (C=O) groups excluding carboxylic acids is 1. The minimum Gasteiger partial charge on any atom is -0.476 e. The van der Waals surface area contributed by atoms with Crippen LogP contribution in [0.3, 0.4) is 0 Å². The van der Waals surface area contributed by atoms with Crippen LogP contribution in [0.25, 0.3) is 0 Å². The maximum absolute atomic E-state index is 11.6. The van der Waals surface area contributed by atoms with Crippen molar-refractivity contribution in [1.29, 1.82) is 0 Å². The number of thiazole rings is 1. The number of amides is 1. The number of carboxylic acid groups (broad SMARTS) is 1. The lowest BCUT2D eigenvalue weighted by atomic mass is 10.3. The van der Waals surface area contributed by atoms with Crippen molar-refractivity contribution in [2.45, 2.75) is 6.54 Å².